The first-order chi connectivity index (χ1) is 17.0. The molecule has 0 saturated heterocycles. The molecule has 1 amide bonds. The lowest BCUT2D eigenvalue weighted by molar-refractivity contribution is -0.113. The van der Waals surface area contributed by atoms with Gasteiger partial charge in [0.05, 0.1) is 17.9 Å². The molecule has 1 N–H and O–H groups in total. The minimum absolute atomic E-state index is 0.156. The number of nitrogens with one attached hydrogen (secondary N) is 1. The van der Waals surface area contributed by atoms with Crippen LogP contribution in [0.25, 0.3) is 11.4 Å². The molecule has 0 fully saturated rings. The van der Waals surface area contributed by atoms with Crippen molar-refractivity contribution in [3.05, 3.63) is 44.5 Å². The number of thiophene rings is 2. The van der Waals surface area contributed by atoms with E-state index in [9.17, 15) is 9.59 Å². The third kappa shape index (κ3) is 5.39. The maximum Gasteiger partial charge on any atom is 0.341 e. The molecule has 0 bridgehead atoms. The van der Waals surface area contributed by atoms with Crippen LogP contribution in [0.1, 0.15) is 57.9 Å². The van der Waals surface area contributed by atoms with Gasteiger partial charge in [0.25, 0.3) is 0 Å². The number of fused-ring (bicyclic) bond motifs is 1. The molecule has 1 aliphatic carbocycles. The van der Waals surface area contributed by atoms with Gasteiger partial charge in [0.1, 0.15) is 5.00 Å². The van der Waals surface area contributed by atoms with Gasteiger partial charge in [-0.1, -0.05) is 24.8 Å². The Morgan fingerprint density at radius 3 is 2.83 bits per heavy atom. The summed E-state index contributed by atoms with van der Waals surface area (Å²) in [6.45, 7) is 10.8. The number of carbonyl (C=O) groups excluding carboxylic acids is 2. The molecule has 4 rings (SSSR count). The van der Waals surface area contributed by atoms with E-state index in [2.05, 4.69) is 41.3 Å². The van der Waals surface area contributed by atoms with Crippen LogP contribution in [0.5, 0.6) is 0 Å². The normalized spacial score (nSPS) is 12.9. The van der Waals surface area contributed by atoms with Crippen LogP contribution in [-0.4, -0.2) is 39.0 Å². The fraction of sp³-hybridized carbons (Fsp3) is 0.440. The number of ether oxygens (including phenoxy) is 1. The van der Waals surface area contributed by atoms with Crippen molar-refractivity contribution < 1.29 is 14.3 Å². The second kappa shape index (κ2) is 11.5. The van der Waals surface area contributed by atoms with Crippen LogP contribution in [-0.2, 0) is 35.3 Å². The Morgan fingerprint density at radius 2 is 2.09 bits per heavy atom. The van der Waals surface area contributed by atoms with Crippen LogP contribution in [0.15, 0.2) is 23.2 Å². The van der Waals surface area contributed by atoms with Crippen molar-refractivity contribution >= 4 is 51.3 Å². The highest BCUT2D eigenvalue weighted by Gasteiger charge is 2.27. The van der Waals surface area contributed by atoms with E-state index in [1.807, 2.05) is 10.6 Å². The summed E-state index contributed by atoms with van der Waals surface area (Å²) in [6.07, 6.45) is 6.66. The number of anilines is 1. The smallest absolute Gasteiger partial charge is 0.341 e. The summed E-state index contributed by atoms with van der Waals surface area (Å²) in [5, 5.41) is 15.2. The number of aryl methyl sites for hydroxylation is 2. The number of rotatable bonds is 10. The fourth-order valence-corrected chi connectivity index (χ4v) is 7.34. The summed E-state index contributed by atoms with van der Waals surface area (Å²) in [5.74, 6) is 0.408. The van der Waals surface area contributed by atoms with Gasteiger partial charge >= 0.3 is 5.97 Å². The number of thioether (sulfide) groups is 1. The third-order valence-electron chi connectivity index (χ3n) is 5.96. The molecule has 0 unspecified atom stereocenters. The van der Waals surface area contributed by atoms with Gasteiger partial charge in [0.2, 0.25) is 5.91 Å². The topological polar surface area (TPSA) is 86.1 Å². The Hall–Kier alpha value is -2.43. The number of allylic oxidation sites excluding steroid dienone is 1. The third-order valence-corrected chi connectivity index (χ3v) is 9.09. The van der Waals surface area contributed by atoms with Crippen molar-refractivity contribution in [1.29, 1.82) is 0 Å². The van der Waals surface area contributed by atoms with Crippen LogP contribution >= 0.6 is 34.4 Å². The molecule has 10 heteroatoms. The maximum absolute atomic E-state index is 12.9. The number of aromatic nitrogens is 3. The van der Waals surface area contributed by atoms with Gasteiger partial charge in [-0.15, -0.1) is 39.4 Å². The lowest BCUT2D eigenvalue weighted by Crippen LogP contribution is -2.17. The first-order valence-corrected chi connectivity index (χ1v) is 14.5. The zero-order valence-corrected chi connectivity index (χ0v) is 22.8. The van der Waals surface area contributed by atoms with E-state index in [1.165, 1.54) is 38.4 Å². The summed E-state index contributed by atoms with van der Waals surface area (Å²) >= 11 is 4.54. The van der Waals surface area contributed by atoms with Crippen LogP contribution in [0.2, 0.25) is 0 Å². The summed E-state index contributed by atoms with van der Waals surface area (Å²) < 4.78 is 7.29. The van der Waals surface area contributed by atoms with Crippen molar-refractivity contribution in [1.82, 2.24) is 14.8 Å². The maximum atomic E-state index is 12.9. The van der Waals surface area contributed by atoms with E-state index >= 15 is 0 Å². The van der Waals surface area contributed by atoms with Crippen LogP contribution in [0, 0.1) is 6.92 Å². The molecule has 3 heterocycles. The molecular formula is C25H30N4O3S3. The summed E-state index contributed by atoms with van der Waals surface area (Å²) in [7, 11) is 0. The fourth-order valence-electron chi connectivity index (χ4n) is 4.36. The number of esters is 1. The van der Waals surface area contributed by atoms with Crippen LogP contribution in [0.3, 0.4) is 0 Å². The first-order valence-electron chi connectivity index (χ1n) is 11.8. The summed E-state index contributed by atoms with van der Waals surface area (Å²) in [4.78, 5) is 28.0. The largest absolute Gasteiger partial charge is 0.462 e. The molecule has 3 aromatic rings. The van der Waals surface area contributed by atoms with E-state index in [1.54, 1.807) is 18.3 Å². The zero-order valence-electron chi connectivity index (χ0n) is 20.3. The second-order valence-electron chi connectivity index (χ2n) is 8.22. The van der Waals surface area contributed by atoms with E-state index in [4.69, 9.17) is 4.74 Å². The Morgan fingerprint density at radius 1 is 1.29 bits per heavy atom. The predicted octanol–water partition coefficient (Wildman–Crippen LogP) is 5.91. The highest BCUT2D eigenvalue weighted by atomic mass is 32.2. The van der Waals surface area contributed by atoms with E-state index in [0.29, 0.717) is 28.9 Å². The summed E-state index contributed by atoms with van der Waals surface area (Å²) in [5.41, 5.74) is 3.93. The van der Waals surface area contributed by atoms with Gasteiger partial charge in [-0.25, -0.2) is 4.79 Å². The van der Waals surface area contributed by atoms with E-state index in [-0.39, 0.29) is 17.6 Å². The quantitative estimate of drug-likeness (QED) is 0.199. The van der Waals surface area contributed by atoms with Crippen molar-refractivity contribution in [2.45, 2.75) is 64.6 Å². The highest BCUT2D eigenvalue weighted by molar-refractivity contribution is 7.99. The average molecular weight is 531 g/mol. The SMILES string of the molecule is C=CCn1c(SCC(=O)Nc2sc3c(c2C(=O)OCC)CCCC3)nnc1-c1csc(C)c1CC. The molecule has 0 radical (unpaired) electrons. The molecule has 7 nitrogen and oxygen atoms in total. The summed E-state index contributed by atoms with van der Waals surface area (Å²) in [6, 6.07) is 0. The number of nitrogens with zero attached hydrogens (tertiary/aromatic N) is 3. The Balaban J connectivity index is 1.52. The highest BCUT2D eigenvalue weighted by Crippen LogP contribution is 2.39. The van der Waals surface area contributed by atoms with Gasteiger partial charge in [-0.2, -0.15) is 0 Å². The molecule has 0 aromatic carbocycles. The molecule has 0 atom stereocenters. The van der Waals surface area contributed by atoms with Crippen LogP contribution < -0.4 is 5.32 Å². The van der Waals surface area contributed by atoms with Crippen LogP contribution in [0.4, 0.5) is 5.00 Å². The van der Waals surface area contributed by atoms with Gasteiger partial charge in [-0.3, -0.25) is 9.36 Å². The van der Waals surface area contributed by atoms with E-state index < -0.39 is 0 Å². The Kier molecular flexibility index (Phi) is 8.46. The molecule has 1 aliphatic rings. The Labute approximate surface area is 218 Å². The minimum Gasteiger partial charge on any atom is -0.462 e. The monoisotopic (exact) mass is 530 g/mol. The van der Waals surface area contributed by atoms with Crippen molar-refractivity contribution in [3.63, 3.8) is 0 Å². The molecule has 35 heavy (non-hydrogen) atoms. The molecule has 186 valence electrons. The van der Waals surface area contributed by atoms with Crippen molar-refractivity contribution in [2.75, 3.05) is 17.7 Å². The Bertz CT molecular complexity index is 1240. The van der Waals surface area contributed by atoms with Gasteiger partial charge in [0.15, 0.2) is 11.0 Å². The minimum atomic E-state index is -0.358. The number of hydrogen-bond acceptors (Lipinski definition) is 8. The first kappa shape index (κ1) is 25.7. The lowest BCUT2D eigenvalue weighted by Gasteiger charge is -2.12. The second-order valence-corrected chi connectivity index (χ2v) is 11.3. The molecular weight excluding hydrogens is 501 g/mol. The van der Waals surface area contributed by atoms with Crippen molar-refractivity contribution in [2.24, 2.45) is 0 Å². The molecule has 0 aliphatic heterocycles. The van der Waals surface area contributed by atoms with Gasteiger partial charge in [-0.05, 0) is 57.1 Å². The van der Waals surface area contributed by atoms with Gasteiger partial charge in [0, 0.05) is 27.2 Å². The molecule has 3 aromatic heterocycles. The number of hydrogen-bond donors (Lipinski definition) is 1. The van der Waals surface area contributed by atoms with E-state index in [0.717, 1.165) is 49.1 Å². The zero-order chi connectivity index (χ0) is 24.9. The predicted molar refractivity (Wildman–Crippen MR) is 144 cm³/mol. The molecule has 0 saturated carbocycles. The number of amides is 1. The van der Waals surface area contributed by atoms with Gasteiger partial charge < -0.3 is 10.1 Å². The van der Waals surface area contributed by atoms with Crippen molar-refractivity contribution in [3.8, 4) is 11.4 Å². The standard InChI is InChI=1S/C25H30N4O3S3/c1-5-12-29-22(18-13-33-15(4)16(18)6-2)27-28-25(29)34-14-20(30)26-23-21(24(31)32-7-3)17-10-8-9-11-19(17)35-23/h5,13H,1,6-12,14H2,2-4H3,(H,26,30). The molecule has 0 spiro atoms. The lowest BCUT2D eigenvalue weighted by atomic mass is 9.95. The average Bonchev–Trinajstić information content (AvgIpc) is 3.52. The number of carbonyl (C=O) groups is 2.